The first-order chi connectivity index (χ1) is 13.6. The summed E-state index contributed by atoms with van der Waals surface area (Å²) in [7, 11) is 0. The molecule has 0 aliphatic carbocycles. The quantitative estimate of drug-likeness (QED) is 0.541. The van der Waals surface area contributed by atoms with E-state index in [4.69, 9.17) is 9.15 Å². The molecule has 1 unspecified atom stereocenters. The number of nitrogens with one attached hydrogen (secondary N) is 1. The second-order valence-corrected chi connectivity index (χ2v) is 6.76. The van der Waals surface area contributed by atoms with Gasteiger partial charge in [-0.1, -0.05) is 44.2 Å². The van der Waals surface area contributed by atoms with Crippen LogP contribution in [0.3, 0.4) is 0 Å². The highest BCUT2D eigenvalue weighted by molar-refractivity contribution is 5.80. The minimum absolute atomic E-state index is 0.0213. The number of nitrogens with zero attached hydrogens (tertiary/aromatic N) is 4. The van der Waals surface area contributed by atoms with Gasteiger partial charge in [-0.25, -0.2) is 0 Å². The van der Waals surface area contributed by atoms with Crippen molar-refractivity contribution in [2.75, 3.05) is 13.2 Å². The SMILES string of the molecule is CC(C)C(C(=O)NCCCOCc1ccco1)n1nnc(-c2ccccc2)n1. The van der Waals surface area contributed by atoms with Crippen molar-refractivity contribution in [3.63, 3.8) is 0 Å². The minimum atomic E-state index is -0.519. The summed E-state index contributed by atoms with van der Waals surface area (Å²) >= 11 is 0. The molecular weight excluding hydrogens is 358 g/mol. The smallest absolute Gasteiger partial charge is 0.247 e. The van der Waals surface area contributed by atoms with Gasteiger partial charge in [-0.15, -0.1) is 10.2 Å². The highest BCUT2D eigenvalue weighted by Gasteiger charge is 2.26. The van der Waals surface area contributed by atoms with E-state index in [1.54, 1.807) is 6.26 Å². The predicted molar refractivity (Wildman–Crippen MR) is 103 cm³/mol. The molecule has 0 saturated carbocycles. The van der Waals surface area contributed by atoms with Crippen molar-refractivity contribution in [3.05, 3.63) is 54.5 Å². The number of aromatic nitrogens is 4. The fourth-order valence-electron chi connectivity index (χ4n) is 2.78. The maximum atomic E-state index is 12.7. The number of hydrogen-bond acceptors (Lipinski definition) is 6. The number of benzene rings is 1. The van der Waals surface area contributed by atoms with Gasteiger partial charge in [0.05, 0.1) is 6.26 Å². The van der Waals surface area contributed by atoms with E-state index in [0.29, 0.717) is 32.0 Å². The van der Waals surface area contributed by atoms with E-state index in [2.05, 4.69) is 20.7 Å². The van der Waals surface area contributed by atoms with Crippen molar-refractivity contribution < 1.29 is 13.9 Å². The molecule has 0 aliphatic rings. The Kier molecular flexibility index (Phi) is 6.91. The van der Waals surface area contributed by atoms with E-state index in [1.807, 2.05) is 56.3 Å². The molecule has 0 aliphatic heterocycles. The summed E-state index contributed by atoms with van der Waals surface area (Å²) in [6, 6.07) is 12.7. The normalized spacial score (nSPS) is 12.2. The summed E-state index contributed by atoms with van der Waals surface area (Å²) in [6.07, 6.45) is 2.32. The van der Waals surface area contributed by atoms with Crippen LogP contribution in [-0.4, -0.2) is 39.3 Å². The molecule has 0 bridgehead atoms. The zero-order valence-electron chi connectivity index (χ0n) is 16.1. The Bertz CT molecular complexity index is 846. The molecule has 1 aromatic carbocycles. The third-order valence-electron chi connectivity index (χ3n) is 4.20. The molecule has 0 fully saturated rings. The Labute approximate surface area is 163 Å². The Morgan fingerprint density at radius 1 is 1.21 bits per heavy atom. The van der Waals surface area contributed by atoms with Crippen molar-refractivity contribution >= 4 is 5.91 Å². The van der Waals surface area contributed by atoms with Gasteiger partial charge < -0.3 is 14.5 Å². The molecule has 0 radical (unpaired) electrons. The van der Waals surface area contributed by atoms with Gasteiger partial charge in [0.25, 0.3) is 0 Å². The van der Waals surface area contributed by atoms with Crippen LogP contribution in [0.25, 0.3) is 11.4 Å². The molecule has 2 heterocycles. The number of hydrogen-bond donors (Lipinski definition) is 1. The lowest BCUT2D eigenvalue weighted by Crippen LogP contribution is -2.37. The Balaban J connectivity index is 1.49. The molecule has 0 saturated heterocycles. The van der Waals surface area contributed by atoms with Crippen LogP contribution in [0.15, 0.2) is 53.1 Å². The first-order valence-corrected chi connectivity index (χ1v) is 9.38. The molecule has 148 valence electrons. The van der Waals surface area contributed by atoms with Crippen LogP contribution in [0.2, 0.25) is 0 Å². The van der Waals surface area contributed by atoms with Crippen LogP contribution < -0.4 is 5.32 Å². The standard InChI is InChI=1S/C20H25N5O3/c1-15(2)18(25-23-19(22-24-25)16-8-4-3-5-9-16)20(26)21-11-7-12-27-14-17-10-6-13-28-17/h3-6,8-10,13,15,18H,7,11-12,14H2,1-2H3,(H,21,26). The van der Waals surface area contributed by atoms with E-state index in [0.717, 1.165) is 11.3 Å². The number of carbonyl (C=O) groups is 1. The van der Waals surface area contributed by atoms with Crippen LogP contribution in [0, 0.1) is 5.92 Å². The molecule has 3 rings (SSSR count). The van der Waals surface area contributed by atoms with Gasteiger partial charge in [-0.3, -0.25) is 4.79 Å². The summed E-state index contributed by atoms with van der Waals surface area (Å²) in [4.78, 5) is 14.1. The Hall–Kier alpha value is -3.00. The number of rotatable bonds is 10. The van der Waals surface area contributed by atoms with Gasteiger partial charge in [0.15, 0.2) is 6.04 Å². The summed E-state index contributed by atoms with van der Waals surface area (Å²) < 4.78 is 10.7. The molecule has 28 heavy (non-hydrogen) atoms. The number of tetrazole rings is 1. The maximum absolute atomic E-state index is 12.7. The van der Waals surface area contributed by atoms with Gasteiger partial charge in [-0.05, 0) is 29.7 Å². The summed E-state index contributed by atoms with van der Waals surface area (Å²) in [5.74, 6) is 1.19. The van der Waals surface area contributed by atoms with E-state index < -0.39 is 6.04 Å². The van der Waals surface area contributed by atoms with Crippen molar-refractivity contribution in [1.82, 2.24) is 25.5 Å². The van der Waals surface area contributed by atoms with Gasteiger partial charge in [0.2, 0.25) is 11.7 Å². The lowest BCUT2D eigenvalue weighted by Gasteiger charge is -2.18. The number of amides is 1. The van der Waals surface area contributed by atoms with Crippen molar-refractivity contribution in [3.8, 4) is 11.4 Å². The number of carbonyl (C=O) groups excluding carboxylic acids is 1. The fraction of sp³-hybridized carbons (Fsp3) is 0.400. The zero-order valence-corrected chi connectivity index (χ0v) is 16.1. The molecule has 8 nitrogen and oxygen atoms in total. The van der Waals surface area contributed by atoms with E-state index >= 15 is 0 Å². The fourth-order valence-corrected chi connectivity index (χ4v) is 2.78. The van der Waals surface area contributed by atoms with Crippen LogP contribution in [0.5, 0.6) is 0 Å². The van der Waals surface area contributed by atoms with Crippen molar-refractivity contribution in [2.24, 2.45) is 5.92 Å². The third-order valence-corrected chi connectivity index (χ3v) is 4.20. The Morgan fingerprint density at radius 2 is 2.04 bits per heavy atom. The lowest BCUT2D eigenvalue weighted by molar-refractivity contribution is -0.126. The average Bonchev–Trinajstić information content (AvgIpc) is 3.37. The van der Waals surface area contributed by atoms with Crippen molar-refractivity contribution in [1.29, 1.82) is 0 Å². The third kappa shape index (κ3) is 5.26. The van der Waals surface area contributed by atoms with E-state index in [1.165, 1.54) is 4.80 Å². The predicted octanol–water partition coefficient (Wildman–Crippen LogP) is 2.85. The first kappa shape index (κ1) is 19.8. The molecule has 8 heteroatoms. The number of furan rings is 1. The Morgan fingerprint density at radius 3 is 2.75 bits per heavy atom. The minimum Gasteiger partial charge on any atom is -0.467 e. The zero-order chi connectivity index (χ0) is 19.8. The summed E-state index contributed by atoms with van der Waals surface area (Å²) in [6.45, 7) is 5.40. The van der Waals surface area contributed by atoms with E-state index in [-0.39, 0.29) is 11.8 Å². The highest BCUT2D eigenvalue weighted by atomic mass is 16.5. The van der Waals surface area contributed by atoms with Gasteiger partial charge in [0, 0.05) is 18.7 Å². The molecular formula is C20H25N5O3. The molecule has 0 spiro atoms. The lowest BCUT2D eigenvalue weighted by atomic mass is 10.0. The monoisotopic (exact) mass is 383 g/mol. The molecule has 2 aromatic heterocycles. The number of ether oxygens (including phenoxy) is 1. The van der Waals surface area contributed by atoms with Gasteiger partial charge in [0.1, 0.15) is 12.4 Å². The van der Waals surface area contributed by atoms with E-state index in [9.17, 15) is 4.79 Å². The molecule has 3 aromatic rings. The molecule has 1 amide bonds. The van der Waals surface area contributed by atoms with Crippen LogP contribution >= 0.6 is 0 Å². The summed E-state index contributed by atoms with van der Waals surface area (Å²) in [5.41, 5.74) is 0.866. The van der Waals surface area contributed by atoms with Crippen LogP contribution in [0.1, 0.15) is 32.1 Å². The van der Waals surface area contributed by atoms with Gasteiger partial charge >= 0.3 is 0 Å². The van der Waals surface area contributed by atoms with Crippen LogP contribution in [-0.2, 0) is 16.1 Å². The van der Waals surface area contributed by atoms with Crippen molar-refractivity contribution in [2.45, 2.75) is 32.9 Å². The summed E-state index contributed by atoms with van der Waals surface area (Å²) in [5, 5.41) is 15.5. The molecule has 1 N–H and O–H groups in total. The highest BCUT2D eigenvalue weighted by Crippen LogP contribution is 2.18. The second-order valence-electron chi connectivity index (χ2n) is 6.76. The van der Waals surface area contributed by atoms with Gasteiger partial charge in [-0.2, -0.15) is 4.80 Å². The first-order valence-electron chi connectivity index (χ1n) is 9.38. The largest absolute Gasteiger partial charge is 0.467 e. The average molecular weight is 383 g/mol. The molecule has 1 atom stereocenters. The maximum Gasteiger partial charge on any atom is 0.247 e. The van der Waals surface area contributed by atoms with Crippen LogP contribution in [0.4, 0.5) is 0 Å². The second kappa shape index (κ2) is 9.80. The topological polar surface area (TPSA) is 95.1 Å².